The molecule has 1 rings (SSSR count). The maximum absolute atomic E-state index is 12.4. The molecule has 0 amide bonds. The molecule has 0 N–H and O–H groups in total. The van der Waals surface area contributed by atoms with Crippen LogP contribution >= 0.6 is 0 Å². The molecule has 3 heteroatoms. The smallest absolute Gasteiger partial charge is 0.170 e. The molecule has 0 unspecified atom stereocenters. The number of hydrogen-bond acceptors (Lipinski definition) is 0. The van der Waals surface area contributed by atoms with Crippen molar-refractivity contribution >= 4 is 0 Å². The van der Waals surface area contributed by atoms with Crippen LogP contribution in [-0.4, -0.2) is 6.18 Å². The largest absolute Gasteiger partial charge is 0.395 e. The predicted octanol–water partition coefficient (Wildman–Crippen LogP) is 4.55. The second-order valence-corrected chi connectivity index (χ2v) is 4.60. The van der Waals surface area contributed by atoms with Crippen molar-refractivity contribution in [2.45, 2.75) is 39.3 Å². The van der Waals surface area contributed by atoms with Crippen molar-refractivity contribution < 1.29 is 13.2 Å². The summed E-state index contributed by atoms with van der Waals surface area (Å²) in [6.45, 7) is 5.37. The highest BCUT2D eigenvalue weighted by atomic mass is 19.4. The van der Waals surface area contributed by atoms with Crippen LogP contribution in [0.15, 0.2) is 24.3 Å². The SMILES string of the molecule is CC(C)Cc1ccc([C@H](C)C(F)(F)F)cc1. The minimum atomic E-state index is -4.15. The Hall–Kier alpha value is -0.990. The second kappa shape index (κ2) is 4.89. The zero-order valence-electron chi connectivity index (χ0n) is 9.81. The first-order valence-electron chi connectivity index (χ1n) is 5.46. The van der Waals surface area contributed by atoms with Gasteiger partial charge in [0, 0.05) is 0 Å². The monoisotopic (exact) mass is 230 g/mol. The van der Waals surface area contributed by atoms with Gasteiger partial charge in [-0.1, -0.05) is 38.1 Å². The molecule has 0 spiro atoms. The fourth-order valence-electron chi connectivity index (χ4n) is 1.60. The summed E-state index contributed by atoms with van der Waals surface area (Å²) in [5.74, 6) is -0.869. The number of hydrogen-bond donors (Lipinski definition) is 0. The predicted molar refractivity (Wildman–Crippen MR) is 59.5 cm³/mol. The van der Waals surface area contributed by atoms with Crippen LogP contribution in [0.5, 0.6) is 0 Å². The Kier molecular flexibility index (Phi) is 4.00. The van der Waals surface area contributed by atoms with E-state index in [4.69, 9.17) is 0 Å². The third-order valence-electron chi connectivity index (χ3n) is 2.61. The summed E-state index contributed by atoms with van der Waals surface area (Å²) in [7, 11) is 0. The molecule has 0 aliphatic carbocycles. The van der Waals surface area contributed by atoms with Crippen molar-refractivity contribution in [3.8, 4) is 0 Å². The highest BCUT2D eigenvalue weighted by Gasteiger charge is 2.36. The number of rotatable bonds is 3. The topological polar surface area (TPSA) is 0 Å². The number of benzene rings is 1. The molecule has 0 fully saturated rings. The van der Waals surface area contributed by atoms with Crippen molar-refractivity contribution in [2.24, 2.45) is 5.92 Å². The van der Waals surface area contributed by atoms with E-state index in [0.717, 1.165) is 12.0 Å². The Bertz CT molecular complexity index is 322. The van der Waals surface area contributed by atoms with Gasteiger partial charge >= 0.3 is 6.18 Å². The molecule has 0 bridgehead atoms. The van der Waals surface area contributed by atoms with E-state index in [0.29, 0.717) is 11.5 Å². The molecule has 1 aromatic rings. The molecular formula is C13H17F3. The molecule has 1 aromatic carbocycles. The molecule has 0 nitrogen and oxygen atoms in total. The zero-order chi connectivity index (χ0) is 12.3. The van der Waals surface area contributed by atoms with Crippen LogP contribution in [0, 0.1) is 5.92 Å². The van der Waals surface area contributed by atoms with Gasteiger partial charge < -0.3 is 0 Å². The first-order chi connectivity index (χ1) is 7.30. The number of halogens is 3. The normalized spacial score (nSPS) is 14.2. The van der Waals surface area contributed by atoms with Crippen molar-refractivity contribution in [1.82, 2.24) is 0 Å². The van der Waals surface area contributed by atoms with Crippen molar-refractivity contribution in [1.29, 1.82) is 0 Å². The zero-order valence-corrected chi connectivity index (χ0v) is 9.81. The summed E-state index contributed by atoms with van der Waals surface area (Å²) in [6.07, 6.45) is -3.25. The highest BCUT2D eigenvalue weighted by Crippen LogP contribution is 2.34. The minimum absolute atomic E-state index is 0.333. The lowest BCUT2D eigenvalue weighted by molar-refractivity contribution is -0.146. The average molecular weight is 230 g/mol. The van der Waals surface area contributed by atoms with Gasteiger partial charge in [-0.15, -0.1) is 0 Å². The maximum atomic E-state index is 12.4. The maximum Gasteiger partial charge on any atom is 0.395 e. The van der Waals surface area contributed by atoms with Gasteiger partial charge in [0.2, 0.25) is 0 Å². The third-order valence-corrected chi connectivity index (χ3v) is 2.61. The minimum Gasteiger partial charge on any atom is -0.170 e. The summed E-state index contributed by atoms with van der Waals surface area (Å²) in [4.78, 5) is 0. The summed E-state index contributed by atoms with van der Waals surface area (Å²) >= 11 is 0. The molecule has 0 radical (unpaired) electrons. The summed E-state index contributed by atoms with van der Waals surface area (Å²) in [6, 6.07) is 6.74. The van der Waals surface area contributed by atoms with Crippen LogP contribution in [0.2, 0.25) is 0 Å². The lowest BCUT2D eigenvalue weighted by Gasteiger charge is -2.16. The van der Waals surface area contributed by atoms with E-state index in [1.165, 1.54) is 6.92 Å². The highest BCUT2D eigenvalue weighted by molar-refractivity contribution is 5.26. The summed E-state index contributed by atoms with van der Waals surface area (Å²) in [5, 5.41) is 0. The van der Waals surface area contributed by atoms with E-state index in [9.17, 15) is 13.2 Å². The molecule has 90 valence electrons. The van der Waals surface area contributed by atoms with E-state index < -0.39 is 12.1 Å². The fourth-order valence-corrected chi connectivity index (χ4v) is 1.60. The van der Waals surface area contributed by atoms with Crippen LogP contribution in [0.1, 0.15) is 37.8 Å². The van der Waals surface area contributed by atoms with Crippen molar-refractivity contribution in [3.63, 3.8) is 0 Å². The van der Waals surface area contributed by atoms with Crippen LogP contribution in [0.4, 0.5) is 13.2 Å². The van der Waals surface area contributed by atoms with Crippen LogP contribution < -0.4 is 0 Å². The summed E-state index contributed by atoms with van der Waals surface area (Å²) < 4.78 is 37.3. The Labute approximate surface area is 94.5 Å². The Morgan fingerprint density at radius 1 is 1.00 bits per heavy atom. The molecular weight excluding hydrogens is 213 g/mol. The van der Waals surface area contributed by atoms with Gasteiger partial charge in [-0.05, 0) is 30.4 Å². The van der Waals surface area contributed by atoms with Gasteiger partial charge in [-0.3, -0.25) is 0 Å². The van der Waals surface area contributed by atoms with Crippen LogP contribution in [-0.2, 0) is 6.42 Å². The molecule has 0 saturated carbocycles. The molecule has 16 heavy (non-hydrogen) atoms. The second-order valence-electron chi connectivity index (χ2n) is 4.60. The van der Waals surface area contributed by atoms with E-state index in [2.05, 4.69) is 13.8 Å². The average Bonchev–Trinajstić information content (AvgIpc) is 2.15. The van der Waals surface area contributed by atoms with E-state index in [1.54, 1.807) is 24.3 Å². The van der Waals surface area contributed by atoms with Gasteiger partial charge in [0.25, 0.3) is 0 Å². The van der Waals surface area contributed by atoms with E-state index >= 15 is 0 Å². The Balaban J connectivity index is 2.79. The number of alkyl halides is 3. The summed E-state index contributed by atoms with van der Waals surface area (Å²) in [5.41, 5.74) is 1.42. The van der Waals surface area contributed by atoms with E-state index in [-0.39, 0.29) is 0 Å². The first kappa shape index (κ1) is 13.1. The molecule has 1 atom stereocenters. The lowest BCUT2D eigenvalue weighted by atomic mass is 9.96. The molecule has 0 aromatic heterocycles. The quantitative estimate of drug-likeness (QED) is 0.714. The van der Waals surface area contributed by atoms with Gasteiger partial charge in [0.15, 0.2) is 0 Å². The van der Waals surface area contributed by atoms with Gasteiger partial charge in [0.1, 0.15) is 0 Å². The molecule has 0 saturated heterocycles. The van der Waals surface area contributed by atoms with Crippen LogP contribution in [0.3, 0.4) is 0 Å². The van der Waals surface area contributed by atoms with Gasteiger partial charge in [-0.25, -0.2) is 0 Å². The van der Waals surface area contributed by atoms with Gasteiger partial charge in [-0.2, -0.15) is 13.2 Å². The van der Waals surface area contributed by atoms with E-state index in [1.807, 2.05) is 0 Å². The Morgan fingerprint density at radius 3 is 1.88 bits per heavy atom. The third kappa shape index (κ3) is 3.54. The fraction of sp³-hybridized carbons (Fsp3) is 0.538. The van der Waals surface area contributed by atoms with Crippen molar-refractivity contribution in [2.75, 3.05) is 0 Å². The van der Waals surface area contributed by atoms with Crippen molar-refractivity contribution in [3.05, 3.63) is 35.4 Å². The lowest BCUT2D eigenvalue weighted by Crippen LogP contribution is -2.17. The molecule has 0 aliphatic rings. The Morgan fingerprint density at radius 2 is 1.50 bits per heavy atom. The standard InChI is InChI=1S/C13H17F3/c1-9(2)8-11-4-6-12(7-5-11)10(3)13(14,15)16/h4-7,9-10H,8H2,1-3H3/t10-/m0/s1. The molecule has 0 heterocycles. The first-order valence-corrected chi connectivity index (χ1v) is 5.46. The molecule has 0 aliphatic heterocycles. The van der Waals surface area contributed by atoms with Crippen LogP contribution in [0.25, 0.3) is 0 Å². The van der Waals surface area contributed by atoms with Gasteiger partial charge in [0.05, 0.1) is 5.92 Å².